The van der Waals surface area contributed by atoms with Gasteiger partial charge in [0, 0.05) is 6.54 Å². The van der Waals surface area contributed by atoms with E-state index in [0.29, 0.717) is 15.1 Å². The van der Waals surface area contributed by atoms with Crippen molar-refractivity contribution >= 4 is 40.5 Å². The number of hydrogen-bond donors (Lipinski definition) is 1. The van der Waals surface area contributed by atoms with Crippen LogP contribution in [0.5, 0.6) is 0 Å². The SMILES string of the molecule is CCCCCCCCCCCCNc1c(Cl)ccc(Cl)c1Cl. The van der Waals surface area contributed by atoms with Gasteiger partial charge in [-0.1, -0.05) is 99.5 Å². The van der Waals surface area contributed by atoms with Gasteiger partial charge in [0.2, 0.25) is 0 Å². The van der Waals surface area contributed by atoms with E-state index in [2.05, 4.69) is 12.2 Å². The summed E-state index contributed by atoms with van der Waals surface area (Å²) < 4.78 is 0. The Balaban J connectivity index is 2.03. The highest BCUT2D eigenvalue weighted by Crippen LogP contribution is 2.35. The van der Waals surface area contributed by atoms with Gasteiger partial charge in [0.1, 0.15) is 0 Å². The van der Waals surface area contributed by atoms with Gasteiger partial charge in [-0.2, -0.15) is 0 Å². The lowest BCUT2D eigenvalue weighted by Gasteiger charge is -2.11. The number of nitrogens with one attached hydrogen (secondary N) is 1. The van der Waals surface area contributed by atoms with E-state index in [1.807, 2.05) is 0 Å². The molecule has 0 saturated heterocycles. The molecular weight excluding hydrogens is 337 g/mol. The molecule has 1 nitrogen and oxygen atoms in total. The first-order valence-corrected chi connectivity index (χ1v) is 9.67. The molecule has 0 bridgehead atoms. The topological polar surface area (TPSA) is 12.0 Å². The first kappa shape index (κ1) is 19.9. The maximum Gasteiger partial charge on any atom is 0.0838 e. The Kier molecular flexibility index (Phi) is 11.2. The Morgan fingerprint density at radius 2 is 1.23 bits per heavy atom. The van der Waals surface area contributed by atoms with Crippen molar-refractivity contribution in [1.29, 1.82) is 0 Å². The largest absolute Gasteiger partial charge is 0.383 e. The highest BCUT2D eigenvalue weighted by Gasteiger charge is 2.08. The summed E-state index contributed by atoms with van der Waals surface area (Å²) in [6.07, 6.45) is 13.3. The van der Waals surface area contributed by atoms with Gasteiger partial charge in [0.25, 0.3) is 0 Å². The average Bonchev–Trinajstić information content (AvgIpc) is 2.51. The molecule has 0 saturated carbocycles. The molecule has 22 heavy (non-hydrogen) atoms. The third-order valence-electron chi connectivity index (χ3n) is 3.88. The van der Waals surface area contributed by atoms with Gasteiger partial charge in [-0.05, 0) is 18.6 Å². The molecule has 0 aliphatic heterocycles. The molecule has 0 unspecified atom stereocenters. The Morgan fingerprint density at radius 1 is 0.727 bits per heavy atom. The molecule has 126 valence electrons. The molecule has 0 amide bonds. The van der Waals surface area contributed by atoms with Gasteiger partial charge < -0.3 is 5.32 Å². The lowest BCUT2D eigenvalue weighted by atomic mass is 10.1. The fourth-order valence-electron chi connectivity index (χ4n) is 2.51. The van der Waals surface area contributed by atoms with E-state index in [-0.39, 0.29) is 0 Å². The van der Waals surface area contributed by atoms with Gasteiger partial charge in [0.15, 0.2) is 0 Å². The van der Waals surface area contributed by atoms with Crippen LogP contribution < -0.4 is 5.32 Å². The molecule has 1 aromatic rings. The Bertz CT molecular complexity index is 421. The molecule has 4 heteroatoms. The van der Waals surface area contributed by atoms with Crippen LogP contribution in [-0.4, -0.2) is 6.54 Å². The molecule has 0 aliphatic carbocycles. The summed E-state index contributed by atoms with van der Waals surface area (Å²) in [5.41, 5.74) is 0.756. The van der Waals surface area contributed by atoms with Crippen molar-refractivity contribution in [3.63, 3.8) is 0 Å². The van der Waals surface area contributed by atoms with Crippen LogP contribution in [0.25, 0.3) is 0 Å². The Labute approximate surface area is 150 Å². The van der Waals surface area contributed by atoms with Crippen LogP contribution in [0.3, 0.4) is 0 Å². The summed E-state index contributed by atoms with van der Waals surface area (Å²) in [6.45, 7) is 3.15. The molecule has 0 radical (unpaired) electrons. The van der Waals surface area contributed by atoms with Crippen LogP contribution in [0.1, 0.15) is 71.1 Å². The smallest absolute Gasteiger partial charge is 0.0838 e. The van der Waals surface area contributed by atoms with Crippen LogP contribution in [0, 0.1) is 0 Å². The maximum atomic E-state index is 6.15. The minimum atomic E-state index is 0.515. The van der Waals surface area contributed by atoms with E-state index >= 15 is 0 Å². The third kappa shape index (κ3) is 7.94. The van der Waals surface area contributed by atoms with E-state index in [9.17, 15) is 0 Å². The summed E-state index contributed by atoms with van der Waals surface area (Å²) >= 11 is 18.3. The number of halogens is 3. The maximum absolute atomic E-state index is 6.15. The Morgan fingerprint density at radius 3 is 1.82 bits per heavy atom. The lowest BCUT2D eigenvalue weighted by molar-refractivity contribution is 0.560. The lowest BCUT2D eigenvalue weighted by Crippen LogP contribution is -2.02. The minimum Gasteiger partial charge on any atom is -0.383 e. The first-order chi connectivity index (χ1) is 10.7. The molecule has 0 aromatic heterocycles. The normalized spacial score (nSPS) is 10.9. The van der Waals surface area contributed by atoms with E-state index in [1.54, 1.807) is 12.1 Å². The number of anilines is 1. The number of benzene rings is 1. The predicted octanol–water partition coefficient (Wildman–Crippen LogP) is 7.98. The first-order valence-electron chi connectivity index (χ1n) is 8.54. The van der Waals surface area contributed by atoms with Crippen LogP contribution in [0.2, 0.25) is 15.1 Å². The molecule has 1 rings (SSSR count). The predicted molar refractivity (Wildman–Crippen MR) is 102 cm³/mol. The number of unbranched alkanes of at least 4 members (excludes halogenated alkanes) is 9. The highest BCUT2D eigenvalue weighted by molar-refractivity contribution is 6.46. The zero-order chi connectivity index (χ0) is 16.2. The van der Waals surface area contributed by atoms with Crippen molar-refractivity contribution in [2.24, 2.45) is 0 Å². The average molecular weight is 365 g/mol. The zero-order valence-electron chi connectivity index (χ0n) is 13.6. The van der Waals surface area contributed by atoms with Crippen LogP contribution >= 0.6 is 34.8 Å². The van der Waals surface area contributed by atoms with E-state index in [4.69, 9.17) is 34.8 Å². The molecule has 0 spiro atoms. The summed E-state index contributed by atoms with van der Waals surface area (Å²) in [7, 11) is 0. The van der Waals surface area contributed by atoms with Crippen molar-refractivity contribution in [2.45, 2.75) is 71.1 Å². The van der Waals surface area contributed by atoms with Gasteiger partial charge in [-0.15, -0.1) is 0 Å². The van der Waals surface area contributed by atoms with Crippen LogP contribution in [-0.2, 0) is 0 Å². The van der Waals surface area contributed by atoms with Gasteiger partial charge in [-0.3, -0.25) is 0 Å². The molecular formula is C18H28Cl3N. The van der Waals surface area contributed by atoms with Crippen molar-refractivity contribution in [2.75, 3.05) is 11.9 Å². The van der Waals surface area contributed by atoms with Gasteiger partial charge in [0.05, 0.1) is 20.8 Å². The zero-order valence-corrected chi connectivity index (χ0v) is 15.8. The second kappa shape index (κ2) is 12.3. The summed E-state index contributed by atoms with van der Waals surface area (Å²) in [5.74, 6) is 0. The van der Waals surface area contributed by atoms with Gasteiger partial charge in [-0.25, -0.2) is 0 Å². The monoisotopic (exact) mass is 363 g/mol. The second-order valence-corrected chi connectivity index (χ2v) is 7.02. The molecule has 0 atom stereocenters. The third-order valence-corrected chi connectivity index (χ3v) is 5.00. The van der Waals surface area contributed by atoms with Crippen LogP contribution in [0.15, 0.2) is 12.1 Å². The summed E-state index contributed by atoms with van der Waals surface area (Å²) in [5, 5.41) is 4.98. The van der Waals surface area contributed by atoms with Crippen molar-refractivity contribution in [3.05, 3.63) is 27.2 Å². The number of hydrogen-bond acceptors (Lipinski definition) is 1. The molecule has 1 N–H and O–H groups in total. The fraction of sp³-hybridized carbons (Fsp3) is 0.667. The summed E-state index contributed by atoms with van der Waals surface area (Å²) in [6, 6.07) is 3.49. The second-order valence-electron chi connectivity index (χ2n) is 5.83. The molecule has 0 aliphatic rings. The Hall–Kier alpha value is -0.110. The van der Waals surface area contributed by atoms with Crippen LogP contribution in [0.4, 0.5) is 5.69 Å². The van der Waals surface area contributed by atoms with Crippen molar-refractivity contribution in [3.8, 4) is 0 Å². The standard InChI is InChI=1S/C18H28Cl3N/c1-2-3-4-5-6-7-8-9-10-11-14-22-18-16(20)13-12-15(19)17(18)21/h12-13,22H,2-11,14H2,1H3. The molecule has 0 heterocycles. The van der Waals surface area contributed by atoms with Crippen molar-refractivity contribution in [1.82, 2.24) is 0 Å². The van der Waals surface area contributed by atoms with Gasteiger partial charge >= 0.3 is 0 Å². The fourth-order valence-corrected chi connectivity index (χ4v) is 3.18. The van der Waals surface area contributed by atoms with E-state index in [1.165, 1.54) is 57.8 Å². The van der Waals surface area contributed by atoms with Crippen molar-refractivity contribution < 1.29 is 0 Å². The minimum absolute atomic E-state index is 0.515. The number of rotatable bonds is 12. The molecule has 1 aromatic carbocycles. The summed E-state index contributed by atoms with van der Waals surface area (Å²) in [4.78, 5) is 0. The molecule has 0 fully saturated rings. The quantitative estimate of drug-likeness (QED) is 0.293. The highest BCUT2D eigenvalue weighted by atomic mass is 35.5. The van der Waals surface area contributed by atoms with E-state index in [0.717, 1.165) is 18.7 Å². The van der Waals surface area contributed by atoms with E-state index < -0.39 is 0 Å².